The number of amides is 2. The highest BCUT2D eigenvalue weighted by Crippen LogP contribution is 2.24. The summed E-state index contributed by atoms with van der Waals surface area (Å²) in [5, 5.41) is 5.55. The smallest absolute Gasteiger partial charge is 0.497 e. The number of methoxy groups -OCH3 is 1. The number of rotatable bonds is 8. The fraction of sp³-hybridized carbons (Fsp3) is 0.211. The van der Waals surface area contributed by atoms with Gasteiger partial charge in [0, 0.05) is 11.4 Å². The molecule has 0 radical (unpaired) electrons. The van der Waals surface area contributed by atoms with Crippen molar-refractivity contribution in [2.24, 2.45) is 0 Å². The van der Waals surface area contributed by atoms with Crippen molar-refractivity contribution in [1.29, 1.82) is 0 Å². The van der Waals surface area contributed by atoms with Gasteiger partial charge in [0.25, 0.3) is 0 Å². The molecule has 0 aliphatic heterocycles. The molecule has 0 spiro atoms. The third-order valence-corrected chi connectivity index (χ3v) is 4.64. The molecule has 0 fully saturated rings. The molecule has 4 N–H and O–H groups in total. The third kappa shape index (κ3) is 9.75. The summed E-state index contributed by atoms with van der Waals surface area (Å²) in [5.41, 5.74) is 5.93. The summed E-state index contributed by atoms with van der Waals surface area (Å²) in [6, 6.07) is 11.7. The summed E-state index contributed by atoms with van der Waals surface area (Å²) in [6.07, 6.45) is -4.79. The lowest BCUT2D eigenvalue weighted by molar-refractivity contribution is -0.274. The first-order valence-electron chi connectivity index (χ1n) is 8.88. The largest absolute Gasteiger partial charge is 0.573 e. The van der Waals surface area contributed by atoms with Crippen molar-refractivity contribution < 1.29 is 32.2 Å². The van der Waals surface area contributed by atoms with Gasteiger partial charge in [-0.25, -0.2) is 0 Å². The van der Waals surface area contributed by atoms with E-state index in [1.54, 1.807) is 31.4 Å². The zero-order chi connectivity index (χ0) is 23.6. The summed E-state index contributed by atoms with van der Waals surface area (Å²) < 4.78 is 45.2. The number of alkyl halides is 3. The Morgan fingerprint density at radius 3 is 1.97 bits per heavy atom. The number of carbonyl (C=O) groups excluding carboxylic acids is 2. The van der Waals surface area contributed by atoms with Crippen LogP contribution in [0, 0.1) is 0 Å². The van der Waals surface area contributed by atoms with Crippen LogP contribution in [0.15, 0.2) is 48.5 Å². The van der Waals surface area contributed by atoms with E-state index in [0.717, 1.165) is 23.9 Å². The molecule has 2 aromatic carbocycles. The molecule has 8 nitrogen and oxygen atoms in total. The first-order valence-corrected chi connectivity index (χ1v) is 10.4. The summed E-state index contributed by atoms with van der Waals surface area (Å²) >= 11 is 6.11. The Bertz CT molecular complexity index is 926. The second-order valence-electron chi connectivity index (χ2n) is 5.97. The second-order valence-corrected chi connectivity index (χ2v) is 7.36. The summed E-state index contributed by atoms with van der Waals surface area (Å²) in [4.78, 5) is 23.7. The van der Waals surface area contributed by atoms with Gasteiger partial charge in [0.05, 0.1) is 18.6 Å². The normalized spacial score (nSPS) is 10.6. The molecule has 13 heteroatoms. The average molecular weight is 489 g/mol. The monoisotopic (exact) mass is 488 g/mol. The number of thioether (sulfide) groups is 1. The van der Waals surface area contributed by atoms with Crippen molar-refractivity contribution in [3.8, 4) is 11.5 Å². The number of hydrazine groups is 1. The molecule has 0 bridgehead atoms. The predicted molar refractivity (Wildman–Crippen MR) is 120 cm³/mol. The second kappa shape index (κ2) is 12.0. The Morgan fingerprint density at radius 1 is 0.875 bits per heavy atom. The number of carbonyl (C=O) groups is 2. The highest BCUT2D eigenvalue weighted by atomic mass is 32.2. The van der Waals surface area contributed by atoms with Gasteiger partial charge >= 0.3 is 6.36 Å². The average Bonchev–Trinajstić information content (AvgIpc) is 2.73. The van der Waals surface area contributed by atoms with Crippen LogP contribution >= 0.6 is 24.0 Å². The van der Waals surface area contributed by atoms with Gasteiger partial charge in [-0.05, 0) is 60.7 Å². The first-order chi connectivity index (χ1) is 15.1. The lowest BCUT2D eigenvalue weighted by atomic mass is 10.3. The zero-order valence-corrected chi connectivity index (χ0v) is 18.2. The lowest BCUT2D eigenvalue weighted by Gasteiger charge is -2.12. The Hall–Kier alpha value is -3.19. The van der Waals surface area contributed by atoms with E-state index in [9.17, 15) is 22.8 Å². The molecule has 2 aromatic rings. The highest BCUT2D eigenvalue weighted by molar-refractivity contribution is 8.00. The minimum absolute atomic E-state index is 0.0239. The quantitative estimate of drug-likeness (QED) is 0.332. The van der Waals surface area contributed by atoms with E-state index < -0.39 is 23.9 Å². The number of ether oxygens (including phenoxy) is 2. The first kappa shape index (κ1) is 25.1. The van der Waals surface area contributed by atoms with Gasteiger partial charge in [-0.15, -0.1) is 24.9 Å². The highest BCUT2D eigenvalue weighted by Gasteiger charge is 2.30. The number of thiocarbonyl (C=S) groups is 1. The summed E-state index contributed by atoms with van der Waals surface area (Å²) in [7, 11) is 1.56. The molecule has 2 amide bonds. The molecule has 0 unspecified atom stereocenters. The third-order valence-electron chi connectivity index (χ3n) is 3.50. The van der Waals surface area contributed by atoms with Crippen molar-refractivity contribution in [3.63, 3.8) is 0 Å². The van der Waals surface area contributed by atoms with Crippen LogP contribution in [0.2, 0.25) is 0 Å². The standard InChI is InChI=1S/C19H19F3N4O4S2/c1-29-14-6-2-13(3-7-14)24-18(31)26-25-17(28)11-32-10-16(27)23-12-4-8-15(9-5-12)30-19(20,21)22/h2-9H,10-11H2,1H3,(H,23,27)(H,25,28)(H2,24,26,31). The Balaban J connectivity index is 1.63. The Labute approximate surface area is 191 Å². The van der Waals surface area contributed by atoms with Gasteiger partial charge in [-0.2, -0.15) is 0 Å². The number of benzene rings is 2. The molecule has 0 saturated carbocycles. The van der Waals surface area contributed by atoms with Crippen molar-refractivity contribution in [3.05, 3.63) is 48.5 Å². The minimum Gasteiger partial charge on any atom is -0.497 e. The number of hydrogen-bond donors (Lipinski definition) is 4. The van der Waals surface area contributed by atoms with Crippen LogP contribution in [-0.4, -0.2) is 41.9 Å². The molecule has 0 atom stereocenters. The van der Waals surface area contributed by atoms with Crippen LogP contribution < -0.4 is 31.0 Å². The summed E-state index contributed by atoms with van der Waals surface area (Å²) in [5.74, 6) is -0.593. The van der Waals surface area contributed by atoms with Gasteiger partial charge in [0.2, 0.25) is 11.8 Å². The molecular weight excluding hydrogens is 469 g/mol. The van der Waals surface area contributed by atoms with Gasteiger partial charge in [0.15, 0.2) is 5.11 Å². The molecule has 0 aliphatic carbocycles. The lowest BCUT2D eigenvalue weighted by Crippen LogP contribution is -2.44. The molecule has 0 aromatic heterocycles. The summed E-state index contributed by atoms with van der Waals surface area (Å²) in [6.45, 7) is 0. The van der Waals surface area contributed by atoms with E-state index in [2.05, 4.69) is 26.2 Å². The van der Waals surface area contributed by atoms with Crippen LogP contribution in [0.3, 0.4) is 0 Å². The van der Waals surface area contributed by atoms with Gasteiger partial charge in [-0.3, -0.25) is 20.4 Å². The van der Waals surface area contributed by atoms with Crippen molar-refractivity contribution in [2.75, 3.05) is 29.2 Å². The molecule has 0 aliphatic rings. The number of hydrogen-bond acceptors (Lipinski definition) is 6. The Kier molecular flexibility index (Phi) is 9.40. The number of nitrogens with one attached hydrogen (secondary N) is 4. The maximum Gasteiger partial charge on any atom is 0.573 e. The van der Waals surface area contributed by atoms with E-state index in [4.69, 9.17) is 17.0 Å². The fourth-order valence-electron chi connectivity index (χ4n) is 2.17. The topological polar surface area (TPSA) is 101 Å². The van der Waals surface area contributed by atoms with Crippen LogP contribution in [-0.2, 0) is 9.59 Å². The SMILES string of the molecule is COc1ccc(NC(=S)NNC(=O)CSCC(=O)Nc2ccc(OC(F)(F)F)cc2)cc1. The van der Waals surface area contributed by atoms with E-state index in [-0.39, 0.29) is 16.6 Å². The van der Waals surface area contributed by atoms with Gasteiger partial charge in [-0.1, -0.05) is 0 Å². The zero-order valence-electron chi connectivity index (χ0n) is 16.6. The van der Waals surface area contributed by atoms with E-state index in [1.165, 1.54) is 12.1 Å². The fourth-order valence-corrected chi connectivity index (χ4v) is 2.96. The van der Waals surface area contributed by atoms with Gasteiger partial charge < -0.3 is 20.1 Å². The van der Waals surface area contributed by atoms with Crippen LogP contribution in [0.5, 0.6) is 11.5 Å². The van der Waals surface area contributed by atoms with Crippen molar-refractivity contribution in [2.45, 2.75) is 6.36 Å². The maximum absolute atomic E-state index is 12.1. The van der Waals surface area contributed by atoms with Crippen LogP contribution in [0.25, 0.3) is 0 Å². The van der Waals surface area contributed by atoms with Crippen LogP contribution in [0.1, 0.15) is 0 Å². The van der Waals surface area contributed by atoms with Gasteiger partial charge in [0.1, 0.15) is 11.5 Å². The molecule has 0 heterocycles. The van der Waals surface area contributed by atoms with E-state index >= 15 is 0 Å². The predicted octanol–water partition coefficient (Wildman–Crippen LogP) is 3.28. The van der Waals surface area contributed by atoms with E-state index in [0.29, 0.717) is 17.1 Å². The maximum atomic E-state index is 12.1. The van der Waals surface area contributed by atoms with Crippen molar-refractivity contribution in [1.82, 2.24) is 10.9 Å². The molecule has 2 rings (SSSR count). The molecule has 172 valence electrons. The molecule has 32 heavy (non-hydrogen) atoms. The minimum atomic E-state index is -4.79. The number of anilines is 2. The van der Waals surface area contributed by atoms with Crippen LogP contribution in [0.4, 0.5) is 24.5 Å². The number of halogens is 3. The molecule has 0 saturated heterocycles. The Morgan fingerprint density at radius 2 is 1.41 bits per heavy atom. The van der Waals surface area contributed by atoms with E-state index in [1.807, 2.05) is 0 Å². The van der Waals surface area contributed by atoms with Crippen molar-refractivity contribution >= 4 is 52.3 Å². The molecular formula is C19H19F3N4O4S2.